The van der Waals surface area contributed by atoms with Crippen molar-refractivity contribution in [2.75, 3.05) is 22.9 Å². The first kappa shape index (κ1) is 24.1. The lowest BCUT2D eigenvalue weighted by Crippen LogP contribution is -2.16. The molecule has 3 aromatic rings. The molecule has 0 aromatic heterocycles. The summed E-state index contributed by atoms with van der Waals surface area (Å²) in [6.45, 7) is 1.50. The van der Waals surface area contributed by atoms with E-state index in [0.717, 1.165) is 12.1 Å². The van der Waals surface area contributed by atoms with Gasteiger partial charge in [-0.3, -0.25) is 9.52 Å². The third-order valence-corrected chi connectivity index (χ3v) is 6.09. The number of benzene rings is 3. The van der Waals surface area contributed by atoms with Gasteiger partial charge < -0.3 is 10.1 Å². The third kappa shape index (κ3) is 5.83. The highest BCUT2D eigenvalue weighted by Crippen LogP contribution is 2.33. The molecular weight excluding hydrogens is 457 g/mol. The fraction of sp³-hybridized carbons (Fsp3) is 0.174. The molecule has 0 saturated carbocycles. The second kappa shape index (κ2) is 9.53. The van der Waals surface area contributed by atoms with Crippen molar-refractivity contribution in [3.05, 3.63) is 77.9 Å². The number of rotatable bonds is 7. The standard InChI is InChI=1S/C23H21F3N2O4S/c1-3-33(30,31)28-20-13-12-17(14-21(20)32-2)27-22(29)19-7-5-4-6-18(19)15-8-10-16(11-9-15)23(24,25)26/h4-14,28H,3H2,1-2H3,(H,27,29). The second-order valence-corrected chi connectivity index (χ2v) is 9.01. The zero-order valence-electron chi connectivity index (χ0n) is 17.7. The van der Waals surface area contributed by atoms with Crippen LogP contribution in [0.25, 0.3) is 11.1 Å². The van der Waals surface area contributed by atoms with Crippen LogP contribution in [0.15, 0.2) is 66.7 Å². The van der Waals surface area contributed by atoms with Gasteiger partial charge in [0.05, 0.1) is 24.1 Å². The van der Waals surface area contributed by atoms with Crippen LogP contribution in [0.5, 0.6) is 5.75 Å². The molecule has 0 fully saturated rings. The minimum atomic E-state index is -4.45. The molecule has 174 valence electrons. The van der Waals surface area contributed by atoms with E-state index in [9.17, 15) is 26.4 Å². The Kier molecular flexibility index (Phi) is 6.97. The number of hydrogen-bond donors (Lipinski definition) is 2. The predicted octanol–water partition coefficient (Wildman–Crippen LogP) is 5.39. The maximum atomic E-state index is 13.0. The molecule has 0 aliphatic rings. The maximum Gasteiger partial charge on any atom is 0.416 e. The van der Waals surface area contributed by atoms with E-state index in [0.29, 0.717) is 16.8 Å². The van der Waals surface area contributed by atoms with Gasteiger partial charge in [-0.05, 0) is 48.4 Å². The molecule has 0 radical (unpaired) electrons. The molecule has 1 amide bonds. The molecule has 2 N–H and O–H groups in total. The van der Waals surface area contributed by atoms with Crippen LogP contribution in [-0.4, -0.2) is 27.2 Å². The monoisotopic (exact) mass is 478 g/mol. The van der Waals surface area contributed by atoms with Crippen molar-refractivity contribution in [3.63, 3.8) is 0 Å². The summed E-state index contributed by atoms with van der Waals surface area (Å²) < 4.78 is 69.9. The van der Waals surface area contributed by atoms with Crippen LogP contribution < -0.4 is 14.8 Å². The fourth-order valence-electron chi connectivity index (χ4n) is 3.06. The van der Waals surface area contributed by atoms with Crippen LogP contribution in [0.3, 0.4) is 0 Å². The topological polar surface area (TPSA) is 84.5 Å². The van der Waals surface area contributed by atoms with Gasteiger partial charge in [0, 0.05) is 17.3 Å². The van der Waals surface area contributed by atoms with Gasteiger partial charge in [-0.2, -0.15) is 13.2 Å². The molecule has 0 unspecified atom stereocenters. The Morgan fingerprint density at radius 2 is 1.67 bits per heavy atom. The van der Waals surface area contributed by atoms with Crippen molar-refractivity contribution in [2.24, 2.45) is 0 Å². The highest BCUT2D eigenvalue weighted by molar-refractivity contribution is 7.92. The summed E-state index contributed by atoms with van der Waals surface area (Å²) in [7, 11) is -2.15. The van der Waals surface area contributed by atoms with Crippen molar-refractivity contribution in [3.8, 4) is 16.9 Å². The molecule has 33 heavy (non-hydrogen) atoms. The zero-order chi connectivity index (χ0) is 24.2. The van der Waals surface area contributed by atoms with Gasteiger partial charge in [-0.15, -0.1) is 0 Å². The van der Waals surface area contributed by atoms with Crippen molar-refractivity contribution in [1.82, 2.24) is 0 Å². The van der Waals surface area contributed by atoms with Gasteiger partial charge in [0.2, 0.25) is 10.0 Å². The predicted molar refractivity (Wildman–Crippen MR) is 121 cm³/mol. The molecule has 0 aliphatic heterocycles. The summed E-state index contributed by atoms with van der Waals surface area (Å²) in [5, 5.41) is 2.71. The Bertz CT molecular complexity index is 1260. The Hall–Kier alpha value is -3.53. The molecule has 0 heterocycles. The lowest BCUT2D eigenvalue weighted by Gasteiger charge is -2.14. The summed E-state index contributed by atoms with van der Waals surface area (Å²) in [5.41, 5.74) is 0.964. The number of ether oxygens (including phenoxy) is 1. The molecule has 0 atom stereocenters. The molecule has 10 heteroatoms. The zero-order valence-corrected chi connectivity index (χ0v) is 18.5. The summed E-state index contributed by atoms with van der Waals surface area (Å²) in [5.74, 6) is -0.398. The van der Waals surface area contributed by atoms with E-state index in [1.54, 1.807) is 24.3 Å². The SMILES string of the molecule is CCS(=O)(=O)Nc1ccc(NC(=O)c2ccccc2-c2ccc(C(F)(F)F)cc2)cc1OC. The third-order valence-electron chi connectivity index (χ3n) is 4.80. The number of nitrogens with one attached hydrogen (secondary N) is 2. The maximum absolute atomic E-state index is 13.0. The minimum absolute atomic E-state index is 0.116. The summed E-state index contributed by atoms with van der Waals surface area (Å²) in [4.78, 5) is 13.0. The van der Waals surface area contributed by atoms with E-state index in [2.05, 4.69) is 10.0 Å². The molecule has 0 saturated heterocycles. The van der Waals surface area contributed by atoms with Gasteiger partial charge in [0.25, 0.3) is 5.91 Å². The molecule has 3 rings (SSSR count). The number of hydrogen-bond acceptors (Lipinski definition) is 4. The molecule has 3 aromatic carbocycles. The quantitative estimate of drug-likeness (QED) is 0.477. The smallest absolute Gasteiger partial charge is 0.416 e. The highest BCUT2D eigenvalue weighted by atomic mass is 32.2. The Balaban J connectivity index is 1.87. The van der Waals surface area contributed by atoms with E-state index in [-0.39, 0.29) is 22.8 Å². The Morgan fingerprint density at radius 1 is 1.00 bits per heavy atom. The van der Waals surface area contributed by atoms with E-state index in [1.165, 1.54) is 44.4 Å². The van der Waals surface area contributed by atoms with E-state index in [4.69, 9.17) is 4.74 Å². The molecule has 6 nitrogen and oxygen atoms in total. The van der Waals surface area contributed by atoms with Gasteiger partial charge in [-0.1, -0.05) is 30.3 Å². The normalized spacial score (nSPS) is 11.7. The van der Waals surface area contributed by atoms with Crippen molar-refractivity contribution in [2.45, 2.75) is 13.1 Å². The lowest BCUT2D eigenvalue weighted by atomic mass is 9.98. The number of carbonyl (C=O) groups excluding carboxylic acids is 1. The highest BCUT2D eigenvalue weighted by Gasteiger charge is 2.30. The lowest BCUT2D eigenvalue weighted by molar-refractivity contribution is -0.137. The number of carbonyl (C=O) groups is 1. The number of sulfonamides is 1. The molecule has 0 spiro atoms. The van der Waals surface area contributed by atoms with Crippen LogP contribution >= 0.6 is 0 Å². The molecule has 0 bridgehead atoms. The first-order valence-electron chi connectivity index (χ1n) is 9.80. The molecular formula is C23H21F3N2O4S. The average molecular weight is 478 g/mol. The fourth-order valence-corrected chi connectivity index (χ4v) is 3.71. The van der Waals surface area contributed by atoms with Crippen LogP contribution in [0, 0.1) is 0 Å². The largest absolute Gasteiger partial charge is 0.494 e. The number of amides is 1. The second-order valence-electron chi connectivity index (χ2n) is 7.00. The summed E-state index contributed by atoms with van der Waals surface area (Å²) in [6, 6.07) is 15.5. The van der Waals surface area contributed by atoms with Crippen LogP contribution in [0.2, 0.25) is 0 Å². The van der Waals surface area contributed by atoms with Crippen molar-refractivity contribution < 1.29 is 31.1 Å². The average Bonchev–Trinajstić information content (AvgIpc) is 2.79. The Labute approximate surface area is 189 Å². The van der Waals surface area contributed by atoms with Gasteiger partial charge in [-0.25, -0.2) is 8.42 Å². The van der Waals surface area contributed by atoms with Gasteiger partial charge in [0.15, 0.2) is 0 Å². The summed E-state index contributed by atoms with van der Waals surface area (Å²) in [6.07, 6.45) is -4.45. The van der Waals surface area contributed by atoms with Gasteiger partial charge >= 0.3 is 6.18 Å². The van der Waals surface area contributed by atoms with Crippen LogP contribution in [-0.2, 0) is 16.2 Å². The first-order valence-corrected chi connectivity index (χ1v) is 11.5. The number of anilines is 2. The van der Waals surface area contributed by atoms with Crippen LogP contribution in [0.1, 0.15) is 22.8 Å². The van der Waals surface area contributed by atoms with Crippen LogP contribution in [0.4, 0.5) is 24.5 Å². The summed E-state index contributed by atoms with van der Waals surface area (Å²) >= 11 is 0. The Morgan fingerprint density at radius 3 is 2.27 bits per heavy atom. The van der Waals surface area contributed by atoms with E-state index in [1.807, 2.05) is 0 Å². The van der Waals surface area contributed by atoms with Gasteiger partial charge in [0.1, 0.15) is 5.75 Å². The van der Waals surface area contributed by atoms with Crippen molar-refractivity contribution >= 4 is 27.3 Å². The first-order chi connectivity index (χ1) is 15.5. The number of methoxy groups -OCH3 is 1. The molecule has 0 aliphatic carbocycles. The van der Waals surface area contributed by atoms with E-state index < -0.39 is 27.7 Å². The number of alkyl halides is 3. The minimum Gasteiger partial charge on any atom is -0.494 e. The van der Waals surface area contributed by atoms with E-state index >= 15 is 0 Å². The van der Waals surface area contributed by atoms with Crippen molar-refractivity contribution in [1.29, 1.82) is 0 Å². The number of halogens is 3.